The maximum absolute atomic E-state index is 13.0. The van der Waals surface area contributed by atoms with Gasteiger partial charge in [0.2, 0.25) is 0 Å². The number of ether oxygens (including phenoxy) is 1. The van der Waals surface area contributed by atoms with Crippen LogP contribution >= 0.6 is 0 Å². The van der Waals surface area contributed by atoms with Crippen LogP contribution in [0.25, 0.3) is 5.69 Å². The molecule has 1 saturated heterocycles. The van der Waals surface area contributed by atoms with Crippen molar-refractivity contribution in [1.29, 1.82) is 0 Å². The zero-order valence-corrected chi connectivity index (χ0v) is 13.0. The fourth-order valence-corrected chi connectivity index (χ4v) is 2.49. The maximum atomic E-state index is 13.0. The zero-order valence-electron chi connectivity index (χ0n) is 13.0. The smallest absolute Gasteiger partial charge is 0.328 e. The van der Waals surface area contributed by atoms with Crippen LogP contribution in [0.4, 0.5) is 4.39 Å². The summed E-state index contributed by atoms with van der Waals surface area (Å²) < 4.78 is 19.1. The van der Waals surface area contributed by atoms with E-state index in [1.165, 1.54) is 30.3 Å². The molecular formula is C16H14FN3O5. The normalized spacial score (nSPS) is 17.3. The third-order valence-corrected chi connectivity index (χ3v) is 3.76. The van der Waals surface area contributed by atoms with Crippen LogP contribution in [0.15, 0.2) is 41.2 Å². The summed E-state index contributed by atoms with van der Waals surface area (Å²) in [4.78, 5) is 37.1. The number of morpholine rings is 1. The molecule has 1 aliphatic heterocycles. The Morgan fingerprint density at radius 2 is 1.92 bits per heavy atom. The Kier molecular flexibility index (Phi) is 4.57. The topological polar surface area (TPSA) is 102 Å². The minimum Gasteiger partial charge on any atom is -0.480 e. The van der Waals surface area contributed by atoms with Crippen LogP contribution in [-0.2, 0) is 9.53 Å². The van der Waals surface area contributed by atoms with Crippen molar-refractivity contribution in [3.8, 4) is 5.69 Å². The first kappa shape index (κ1) is 16.8. The van der Waals surface area contributed by atoms with Gasteiger partial charge >= 0.3 is 5.97 Å². The molecule has 0 bridgehead atoms. The molecule has 1 fully saturated rings. The average Bonchev–Trinajstić information content (AvgIpc) is 2.62. The van der Waals surface area contributed by atoms with Gasteiger partial charge in [0.1, 0.15) is 11.5 Å². The van der Waals surface area contributed by atoms with Crippen LogP contribution in [-0.4, -0.2) is 57.5 Å². The number of hydrogen-bond donors (Lipinski definition) is 1. The summed E-state index contributed by atoms with van der Waals surface area (Å²) >= 11 is 0. The van der Waals surface area contributed by atoms with Crippen molar-refractivity contribution < 1.29 is 23.8 Å². The Balaban J connectivity index is 1.96. The molecule has 0 aliphatic carbocycles. The van der Waals surface area contributed by atoms with Crippen LogP contribution in [0.3, 0.4) is 0 Å². The molecule has 3 rings (SSSR count). The van der Waals surface area contributed by atoms with E-state index in [4.69, 9.17) is 4.74 Å². The molecule has 2 aromatic rings. The van der Waals surface area contributed by atoms with E-state index in [-0.39, 0.29) is 31.1 Å². The number of carbonyl (C=O) groups excluding carboxylic acids is 1. The lowest BCUT2D eigenvalue weighted by atomic mass is 10.2. The van der Waals surface area contributed by atoms with Crippen molar-refractivity contribution in [2.45, 2.75) is 6.04 Å². The minimum atomic E-state index is -1.18. The average molecular weight is 347 g/mol. The number of carboxylic acid groups (broad SMARTS) is 1. The highest BCUT2D eigenvalue weighted by molar-refractivity contribution is 5.95. The second-order valence-electron chi connectivity index (χ2n) is 5.37. The molecule has 130 valence electrons. The van der Waals surface area contributed by atoms with Crippen LogP contribution in [0.2, 0.25) is 0 Å². The van der Waals surface area contributed by atoms with Crippen molar-refractivity contribution in [2.75, 3.05) is 19.8 Å². The lowest BCUT2D eigenvalue weighted by Gasteiger charge is -2.32. The number of carboxylic acids is 1. The summed E-state index contributed by atoms with van der Waals surface area (Å²) in [6.07, 6.45) is 0. The number of benzene rings is 1. The van der Waals surface area contributed by atoms with Crippen molar-refractivity contribution in [3.05, 3.63) is 58.3 Å². The van der Waals surface area contributed by atoms with Gasteiger partial charge in [0.05, 0.1) is 18.9 Å². The molecule has 0 radical (unpaired) electrons. The van der Waals surface area contributed by atoms with Gasteiger partial charge in [-0.1, -0.05) is 0 Å². The summed E-state index contributed by atoms with van der Waals surface area (Å²) in [5.41, 5.74) is -0.296. The van der Waals surface area contributed by atoms with Crippen LogP contribution in [0.5, 0.6) is 0 Å². The van der Waals surface area contributed by atoms with E-state index in [1.54, 1.807) is 0 Å². The molecular weight excluding hydrogens is 333 g/mol. The van der Waals surface area contributed by atoms with Crippen molar-refractivity contribution in [1.82, 2.24) is 14.7 Å². The molecule has 1 aliphatic rings. The highest BCUT2D eigenvalue weighted by Gasteiger charge is 2.34. The summed E-state index contributed by atoms with van der Waals surface area (Å²) in [5.74, 6) is -2.27. The van der Waals surface area contributed by atoms with Gasteiger partial charge in [-0.3, -0.25) is 9.59 Å². The number of carbonyl (C=O) groups is 2. The van der Waals surface area contributed by atoms with Gasteiger partial charge in [0.25, 0.3) is 11.5 Å². The minimum absolute atomic E-state index is 0.0860. The van der Waals surface area contributed by atoms with Gasteiger partial charge in [-0.25, -0.2) is 9.18 Å². The van der Waals surface area contributed by atoms with E-state index in [9.17, 15) is 23.9 Å². The second kappa shape index (κ2) is 6.81. The Morgan fingerprint density at radius 3 is 2.60 bits per heavy atom. The Labute approximate surface area is 141 Å². The lowest BCUT2D eigenvalue weighted by Crippen LogP contribution is -2.53. The predicted molar refractivity (Wildman–Crippen MR) is 83.1 cm³/mol. The SMILES string of the molecule is O=C(O)[C@@H]1COCCN1C(=O)c1ccc(=O)n(-c2ccc(F)cc2)n1. The molecule has 0 saturated carbocycles. The fraction of sp³-hybridized carbons (Fsp3) is 0.250. The first-order valence-corrected chi connectivity index (χ1v) is 7.45. The summed E-state index contributed by atoms with van der Waals surface area (Å²) in [5, 5.41) is 13.2. The summed E-state index contributed by atoms with van der Waals surface area (Å²) in [7, 11) is 0. The predicted octanol–water partition coefficient (Wildman–Crippen LogP) is 0.297. The second-order valence-corrected chi connectivity index (χ2v) is 5.37. The molecule has 25 heavy (non-hydrogen) atoms. The number of aromatic nitrogens is 2. The highest BCUT2D eigenvalue weighted by atomic mass is 19.1. The first-order valence-electron chi connectivity index (χ1n) is 7.45. The molecule has 0 spiro atoms. The zero-order chi connectivity index (χ0) is 18.0. The largest absolute Gasteiger partial charge is 0.480 e. The lowest BCUT2D eigenvalue weighted by molar-refractivity contribution is -0.147. The van der Waals surface area contributed by atoms with Gasteiger partial charge < -0.3 is 14.7 Å². The van der Waals surface area contributed by atoms with Crippen molar-refractivity contribution in [3.63, 3.8) is 0 Å². The Hall–Kier alpha value is -3.07. The van der Waals surface area contributed by atoms with Gasteiger partial charge in [-0.2, -0.15) is 9.78 Å². The first-order chi connectivity index (χ1) is 12.0. The monoisotopic (exact) mass is 347 g/mol. The van der Waals surface area contributed by atoms with Crippen LogP contribution in [0, 0.1) is 5.82 Å². The quantitative estimate of drug-likeness (QED) is 0.857. The highest BCUT2D eigenvalue weighted by Crippen LogP contribution is 2.12. The molecule has 1 atom stereocenters. The molecule has 1 N–H and O–H groups in total. The molecule has 2 heterocycles. The molecule has 1 aromatic heterocycles. The third-order valence-electron chi connectivity index (χ3n) is 3.76. The summed E-state index contributed by atoms with van der Waals surface area (Å²) in [6, 6.07) is 6.31. The maximum Gasteiger partial charge on any atom is 0.328 e. The van der Waals surface area contributed by atoms with E-state index in [2.05, 4.69) is 5.10 Å². The number of halogens is 1. The van der Waals surface area contributed by atoms with Gasteiger partial charge in [-0.05, 0) is 30.3 Å². The van der Waals surface area contributed by atoms with E-state index < -0.39 is 29.3 Å². The number of aliphatic carboxylic acids is 1. The summed E-state index contributed by atoms with van der Waals surface area (Å²) in [6.45, 7) is 0.207. The molecule has 1 amide bonds. The van der Waals surface area contributed by atoms with Crippen LogP contribution < -0.4 is 5.56 Å². The molecule has 9 heteroatoms. The van der Waals surface area contributed by atoms with Gasteiger partial charge in [0.15, 0.2) is 6.04 Å². The third kappa shape index (κ3) is 3.41. The van der Waals surface area contributed by atoms with Gasteiger partial charge in [-0.15, -0.1) is 0 Å². The Bertz CT molecular complexity index is 865. The van der Waals surface area contributed by atoms with Crippen molar-refractivity contribution >= 4 is 11.9 Å². The standard InChI is InChI=1S/C16H14FN3O5/c17-10-1-3-11(4-2-10)20-14(21)6-5-12(18-20)15(22)19-7-8-25-9-13(19)16(23)24/h1-6,13H,7-9H2,(H,23,24)/t13-/m0/s1. The van der Waals surface area contributed by atoms with Crippen LogP contribution in [0.1, 0.15) is 10.5 Å². The number of amides is 1. The number of hydrogen-bond acceptors (Lipinski definition) is 5. The van der Waals surface area contributed by atoms with E-state index in [1.807, 2.05) is 0 Å². The van der Waals surface area contributed by atoms with Gasteiger partial charge in [0, 0.05) is 12.6 Å². The molecule has 8 nitrogen and oxygen atoms in total. The van der Waals surface area contributed by atoms with Crippen molar-refractivity contribution in [2.24, 2.45) is 0 Å². The van der Waals surface area contributed by atoms with E-state index >= 15 is 0 Å². The number of nitrogens with zero attached hydrogens (tertiary/aromatic N) is 3. The number of rotatable bonds is 3. The fourth-order valence-electron chi connectivity index (χ4n) is 2.49. The molecule has 0 unspecified atom stereocenters. The van der Waals surface area contributed by atoms with E-state index in [0.717, 1.165) is 15.6 Å². The van der Waals surface area contributed by atoms with E-state index in [0.29, 0.717) is 0 Å². The molecule has 1 aromatic carbocycles. The Morgan fingerprint density at radius 1 is 1.20 bits per heavy atom.